The van der Waals surface area contributed by atoms with Crippen molar-refractivity contribution in [2.45, 2.75) is 0 Å². The number of benzene rings is 2. The van der Waals surface area contributed by atoms with E-state index in [1.54, 1.807) is 18.2 Å². The van der Waals surface area contributed by atoms with E-state index in [1.807, 2.05) is 0 Å². The van der Waals surface area contributed by atoms with Crippen LogP contribution in [0.3, 0.4) is 0 Å². The monoisotopic (exact) mass is 393 g/mol. The van der Waals surface area contributed by atoms with Crippen LogP contribution in [0.25, 0.3) is 0 Å². The Morgan fingerprint density at radius 2 is 1.75 bits per heavy atom. The lowest BCUT2D eigenvalue weighted by molar-refractivity contribution is -0.132. The molecule has 2 rings (SSSR count). The van der Waals surface area contributed by atoms with E-state index in [4.69, 9.17) is 4.74 Å². The molecule has 0 heterocycles. The molecule has 0 saturated carbocycles. The molecule has 0 spiro atoms. The van der Waals surface area contributed by atoms with E-state index in [-0.39, 0.29) is 5.56 Å². The molecule has 0 aliphatic carbocycles. The van der Waals surface area contributed by atoms with Crippen molar-refractivity contribution in [2.75, 3.05) is 14.2 Å². The van der Waals surface area contributed by atoms with E-state index < -0.39 is 23.3 Å². The number of halogens is 2. The molecule has 0 N–H and O–H groups in total. The molecule has 0 aliphatic rings. The molecule has 0 aliphatic heterocycles. The summed E-state index contributed by atoms with van der Waals surface area (Å²) >= 11 is 3.30. The third kappa shape index (κ3) is 4.05. The molecule has 0 radical (unpaired) electrons. The summed E-state index contributed by atoms with van der Waals surface area (Å²) in [6.07, 6.45) is 0. The molecule has 2 aromatic carbocycles. The number of Topliss-reactive ketones (excluding diaryl/α,β-unsaturated/α-hetero) is 1. The van der Waals surface area contributed by atoms with Gasteiger partial charge in [0.25, 0.3) is 0 Å². The van der Waals surface area contributed by atoms with Crippen molar-refractivity contribution in [2.24, 2.45) is 4.99 Å². The van der Waals surface area contributed by atoms with Crippen LogP contribution in [0.4, 0.5) is 10.1 Å². The van der Waals surface area contributed by atoms with Crippen LogP contribution in [0.5, 0.6) is 5.75 Å². The fraction of sp³-hybridized carbons (Fsp3) is 0.118. The first-order chi connectivity index (χ1) is 11.5. The predicted octanol–water partition coefficient (Wildman–Crippen LogP) is 3.73. The Kier molecular flexibility index (Phi) is 5.81. The molecule has 0 saturated heterocycles. The van der Waals surface area contributed by atoms with Gasteiger partial charge in [0, 0.05) is 16.1 Å². The van der Waals surface area contributed by atoms with Gasteiger partial charge in [-0.15, -0.1) is 0 Å². The van der Waals surface area contributed by atoms with Gasteiger partial charge in [0.2, 0.25) is 5.78 Å². The predicted molar refractivity (Wildman–Crippen MR) is 90.5 cm³/mol. The van der Waals surface area contributed by atoms with E-state index in [0.29, 0.717) is 15.9 Å². The minimum Gasteiger partial charge on any atom is -0.497 e. The molecule has 2 aromatic rings. The van der Waals surface area contributed by atoms with Gasteiger partial charge >= 0.3 is 5.97 Å². The minimum atomic E-state index is -0.890. The molecular formula is C17H13BrFNO4. The molecule has 0 fully saturated rings. The van der Waals surface area contributed by atoms with Crippen molar-refractivity contribution in [1.29, 1.82) is 0 Å². The van der Waals surface area contributed by atoms with Crippen molar-refractivity contribution in [3.8, 4) is 5.75 Å². The van der Waals surface area contributed by atoms with Crippen LogP contribution in [-0.2, 0) is 9.53 Å². The second kappa shape index (κ2) is 7.83. The number of rotatable bonds is 5. The summed E-state index contributed by atoms with van der Waals surface area (Å²) in [5.41, 5.74) is 0.0304. The summed E-state index contributed by atoms with van der Waals surface area (Å²) in [6.45, 7) is 0. The number of carbonyl (C=O) groups is 2. The third-order valence-electron chi connectivity index (χ3n) is 3.09. The maximum Gasteiger partial charge on any atom is 0.360 e. The summed E-state index contributed by atoms with van der Waals surface area (Å²) in [6, 6.07) is 9.74. The number of nitrogens with zero attached hydrogens (tertiary/aromatic N) is 1. The number of hydrogen-bond acceptors (Lipinski definition) is 5. The molecule has 0 unspecified atom stereocenters. The summed E-state index contributed by atoms with van der Waals surface area (Å²) < 4.78 is 23.3. The molecule has 0 atom stereocenters. The summed E-state index contributed by atoms with van der Waals surface area (Å²) in [4.78, 5) is 28.6. The van der Waals surface area contributed by atoms with Crippen molar-refractivity contribution < 1.29 is 23.5 Å². The lowest BCUT2D eigenvalue weighted by Crippen LogP contribution is -2.25. The number of ether oxygens (including phenoxy) is 2. The smallest absolute Gasteiger partial charge is 0.360 e. The molecule has 0 aromatic heterocycles. The summed E-state index contributed by atoms with van der Waals surface area (Å²) in [5, 5.41) is 0. The second-order valence-electron chi connectivity index (χ2n) is 4.61. The quantitative estimate of drug-likeness (QED) is 0.336. The maximum absolute atomic E-state index is 13.0. The molecule has 24 heavy (non-hydrogen) atoms. The van der Waals surface area contributed by atoms with Crippen LogP contribution in [0.2, 0.25) is 0 Å². The van der Waals surface area contributed by atoms with E-state index in [0.717, 1.165) is 19.2 Å². The molecule has 7 heteroatoms. The molecule has 5 nitrogen and oxygen atoms in total. The van der Waals surface area contributed by atoms with Gasteiger partial charge in [0.15, 0.2) is 5.71 Å². The Bertz CT molecular complexity index is 803. The van der Waals surface area contributed by atoms with Crippen molar-refractivity contribution in [3.63, 3.8) is 0 Å². The lowest BCUT2D eigenvalue weighted by Gasteiger charge is -2.07. The molecule has 0 bridgehead atoms. The third-order valence-corrected chi connectivity index (χ3v) is 3.76. The fourth-order valence-corrected chi connectivity index (χ4v) is 2.18. The average molecular weight is 394 g/mol. The maximum atomic E-state index is 13.0. The first kappa shape index (κ1) is 17.8. The van der Waals surface area contributed by atoms with Crippen LogP contribution in [0.15, 0.2) is 51.9 Å². The topological polar surface area (TPSA) is 65.0 Å². The first-order valence-electron chi connectivity index (χ1n) is 6.77. The Balaban J connectivity index is 2.51. The van der Waals surface area contributed by atoms with Gasteiger partial charge in [-0.25, -0.2) is 14.2 Å². The Morgan fingerprint density at radius 1 is 1.08 bits per heavy atom. The first-order valence-corrected chi connectivity index (χ1v) is 7.56. The van der Waals surface area contributed by atoms with E-state index in [2.05, 4.69) is 25.7 Å². The molecule has 0 amide bonds. The van der Waals surface area contributed by atoms with Gasteiger partial charge in [0.05, 0.1) is 19.9 Å². The highest BCUT2D eigenvalue weighted by atomic mass is 79.9. The van der Waals surface area contributed by atoms with Crippen LogP contribution in [0, 0.1) is 5.82 Å². The Hall–Kier alpha value is -2.54. The van der Waals surface area contributed by atoms with Gasteiger partial charge in [-0.1, -0.05) is 0 Å². The van der Waals surface area contributed by atoms with Gasteiger partial charge < -0.3 is 9.47 Å². The van der Waals surface area contributed by atoms with E-state index in [1.165, 1.54) is 19.2 Å². The van der Waals surface area contributed by atoms with Crippen molar-refractivity contribution >= 4 is 39.1 Å². The number of esters is 1. The summed E-state index contributed by atoms with van der Waals surface area (Å²) in [7, 11) is 2.64. The highest BCUT2D eigenvalue weighted by Gasteiger charge is 2.23. The Labute approximate surface area is 146 Å². The van der Waals surface area contributed by atoms with Crippen molar-refractivity contribution in [1.82, 2.24) is 0 Å². The average Bonchev–Trinajstić information content (AvgIpc) is 2.60. The lowest BCUT2D eigenvalue weighted by atomic mass is 10.1. The highest BCUT2D eigenvalue weighted by Crippen LogP contribution is 2.30. The number of carbonyl (C=O) groups excluding carboxylic acids is 2. The van der Waals surface area contributed by atoms with Crippen LogP contribution in [0.1, 0.15) is 10.4 Å². The molecule has 124 valence electrons. The summed E-state index contributed by atoms with van der Waals surface area (Å²) in [5.74, 6) is -1.54. The molecular weight excluding hydrogens is 381 g/mol. The number of ketones is 1. The number of methoxy groups -OCH3 is 2. The zero-order chi connectivity index (χ0) is 17.7. The van der Waals surface area contributed by atoms with Gasteiger partial charge in [-0.05, 0) is 52.3 Å². The Morgan fingerprint density at radius 3 is 2.33 bits per heavy atom. The van der Waals surface area contributed by atoms with E-state index >= 15 is 0 Å². The SMILES string of the molecule is COC(=O)C(=Nc1cc(OC)ccc1Br)C(=O)c1ccc(F)cc1. The van der Waals surface area contributed by atoms with Crippen LogP contribution < -0.4 is 4.74 Å². The second-order valence-corrected chi connectivity index (χ2v) is 5.46. The van der Waals surface area contributed by atoms with Crippen LogP contribution >= 0.6 is 15.9 Å². The van der Waals surface area contributed by atoms with Gasteiger partial charge in [0.1, 0.15) is 11.6 Å². The van der Waals surface area contributed by atoms with Crippen LogP contribution in [-0.4, -0.2) is 31.7 Å². The largest absolute Gasteiger partial charge is 0.497 e. The minimum absolute atomic E-state index is 0.125. The van der Waals surface area contributed by atoms with Gasteiger partial charge in [-0.2, -0.15) is 0 Å². The zero-order valence-electron chi connectivity index (χ0n) is 12.9. The highest BCUT2D eigenvalue weighted by molar-refractivity contribution is 9.10. The number of hydrogen-bond donors (Lipinski definition) is 0. The number of aliphatic imine (C=N–C) groups is 1. The van der Waals surface area contributed by atoms with Crippen molar-refractivity contribution in [3.05, 3.63) is 58.3 Å². The standard InChI is InChI=1S/C17H13BrFNO4/c1-23-12-7-8-13(18)14(9-12)20-15(17(22)24-2)16(21)10-3-5-11(19)6-4-10/h3-9H,1-2H3. The van der Waals surface area contributed by atoms with E-state index in [9.17, 15) is 14.0 Å². The fourth-order valence-electron chi connectivity index (χ4n) is 1.85. The zero-order valence-corrected chi connectivity index (χ0v) is 14.5. The van der Waals surface area contributed by atoms with Gasteiger partial charge in [-0.3, -0.25) is 4.79 Å². The normalized spacial score (nSPS) is 11.1.